The Morgan fingerprint density at radius 1 is 0.964 bits per heavy atom. The minimum absolute atomic E-state index is 0.0157. The maximum atomic E-state index is 13.2. The van der Waals surface area contributed by atoms with E-state index in [1.54, 1.807) is 0 Å². The summed E-state index contributed by atoms with van der Waals surface area (Å²) in [5.74, 6) is 0.330. The molecule has 5 nitrogen and oxygen atoms in total. The molecule has 2 fully saturated rings. The molecule has 0 radical (unpaired) electrons. The van der Waals surface area contributed by atoms with Crippen LogP contribution in [0.25, 0.3) is 10.8 Å². The number of hydrogen-bond donors (Lipinski definition) is 1. The molecular weight excluding hydrogens is 372 g/mol. The summed E-state index contributed by atoms with van der Waals surface area (Å²) in [6.45, 7) is 0.195. The fourth-order valence-electron chi connectivity index (χ4n) is 4.70. The van der Waals surface area contributed by atoms with Crippen molar-refractivity contribution in [2.24, 2.45) is 0 Å². The number of carbonyl (C=O) groups is 1. The summed E-state index contributed by atoms with van der Waals surface area (Å²) in [6, 6.07) is 14.1. The van der Waals surface area contributed by atoms with Gasteiger partial charge < -0.3 is 10.2 Å². The molecule has 2 aromatic carbocycles. The van der Waals surface area contributed by atoms with Crippen LogP contribution in [0.1, 0.15) is 38.5 Å². The third-order valence-electron chi connectivity index (χ3n) is 6.08. The summed E-state index contributed by atoms with van der Waals surface area (Å²) in [6.07, 6.45) is 5.97. The number of anilines is 1. The van der Waals surface area contributed by atoms with Gasteiger partial charge in [-0.15, -0.1) is 0 Å². The topological polar surface area (TPSA) is 66.5 Å². The van der Waals surface area contributed by atoms with Gasteiger partial charge in [0.2, 0.25) is 5.91 Å². The molecule has 28 heavy (non-hydrogen) atoms. The molecule has 0 spiro atoms. The Bertz CT molecular complexity index is 946. The number of rotatable bonds is 5. The van der Waals surface area contributed by atoms with Gasteiger partial charge in [-0.25, -0.2) is 8.42 Å². The van der Waals surface area contributed by atoms with Crippen molar-refractivity contribution in [3.8, 4) is 0 Å². The van der Waals surface area contributed by atoms with Crippen LogP contribution < -0.4 is 5.32 Å². The van der Waals surface area contributed by atoms with Gasteiger partial charge in [0.15, 0.2) is 9.84 Å². The molecule has 0 unspecified atom stereocenters. The summed E-state index contributed by atoms with van der Waals surface area (Å²) < 4.78 is 24.0. The Kier molecular flexibility index (Phi) is 5.58. The van der Waals surface area contributed by atoms with Gasteiger partial charge in [-0.2, -0.15) is 0 Å². The highest BCUT2D eigenvalue weighted by molar-refractivity contribution is 7.91. The largest absolute Gasteiger partial charge is 0.376 e. The Labute approximate surface area is 167 Å². The number of hydrogen-bond acceptors (Lipinski definition) is 4. The van der Waals surface area contributed by atoms with E-state index in [-0.39, 0.29) is 36.0 Å². The van der Waals surface area contributed by atoms with E-state index in [9.17, 15) is 13.2 Å². The molecule has 1 amide bonds. The molecule has 4 rings (SSSR count). The summed E-state index contributed by atoms with van der Waals surface area (Å²) >= 11 is 0. The van der Waals surface area contributed by atoms with Gasteiger partial charge in [0.25, 0.3) is 0 Å². The van der Waals surface area contributed by atoms with E-state index in [0.29, 0.717) is 6.42 Å². The molecule has 150 valence electrons. The van der Waals surface area contributed by atoms with Crippen LogP contribution in [0.15, 0.2) is 42.5 Å². The predicted molar refractivity (Wildman–Crippen MR) is 113 cm³/mol. The second-order valence-electron chi connectivity index (χ2n) is 8.03. The second-order valence-corrected chi connectivity index (χ2v) is 10.3. The lowest BCUT2D eigenvalue weighted by atomic mass is 9.93. The zero-order valence-corrected chi connectivity index (χ0v) is 17.0. The van der Waals surface area contributed by atoms with Gasteiger partial charge in [-0.1, -0.05) is 55.7 Å². The van der Waals surface area contributed by atoms with E-state index in [1.807, 2.05) is 35.2 Å². The number of carbonyl (C=O) groups excluding carboxylic acids is 1. The average molecular weight is 401 g/mol. The van der Waals surface area contributed by atoms with Crippen LogP contribution in [0.5, 0.6) is 0 Å². The first kappa shape index (κ1) is 19.2. The monoisotopic (exact) mass is 400 g/mol. The van der Waals surface area contributed by atoms with Crippen LogP contribution in [-0.4, -0.2) is 49.4 Å². The van der Waals surface area contributed by atoms with Crippen molar-refractivity contribution < 1.29 is 13.2 Å². The smallest absolute Gasteiger partial charge is 0.242 e. The number of nitrogens with one attached hydrogen (secondary N) is 1. The molecule has 1 aliphatic heterocycles. The quantitative estimate of drug-likeness (QED) is 0.833. The van der Waals surface area contributed by atoms with E-state index in [0.717, 1.165) is 42.1 Å². The van der Waals surface area contributed by atoms with Crippen molar-refractivity contribution in [2.45, 2.75) is 50.6 Å². The first-order valence-corrected chi connectivity index (χ1v) is 12.1. The zero-order chi connectivity index (χ0) is 19.6. The molecular formula is C22H28N2O3S. The number of nitrogens with zero attached hydrogens (tertiary/aromatic N) is 1. The first-order chi connectivity index (χ1) is 13.5. The van der Waals surface area contributed by atoms with E-state index >= 15 is 0 Å². The normalized spacial score (nSPS) is 22.2. The van der Waals surface area contributed by atoms with E-state index in [2.05, 4.69) is 17.4 Å². The lowest BCUT2D eigenvalue weighted by molar-refractivity contribution is -0.134. The Balaban J connectivity index is 1.52. The van der Waals surface area contributed by atoms with Crippen molar-refractivity contribution in [3.63, 3.8) is 0 Å². The number of fused-ring (bicyclic) bond motifs is 1. The van der Waals surface area contributed by atoms with E-state index < -0.39 is 9.84 Å². The minimum atomic E-state index is -3.02. The lowest BCUT2D eigenvalue weighted by Crippen LogP contribution is -2.50. The van der Waals surface area contributed by atoms with Crippen molar-refractivity contribution >= 4 is 32.2 Å². The third kappa shape index (κ3) is 4.17. The highest BCUT2D eigenvalue weighted by Crippen LogP contribution is 2.29. The summed E-state index contributed by atoms with van der Waals surface area (Å²) in [5.41, 5.74) is 0.939. The minimum Gasteiger partial charge on any atom is -0.376 e. The molecule has 0 aromatic heterocycles. The van der Waals surface area contributed by atoms with E-state index in [1.165, 1.54) is 6.42 Å². The maximum absolute atomic E-state index is 13.2. The standard InChI is InChI=1S/C22H28N2O3S/c25-22(15-23-21-12-6-8-17-7-4-5-11-20(17)21)24(18-9-2-1-3-10-18)19-13-14-28(26,27)16-19/h4-8,11-12,18-19,23H,1-3,9-10,13-16H2/t19-/m1/s1. The van der Waals surface area contributed by atoms with Crippen molar-refractivity contribution in [1.82, 2.24) is 4.90 Å². The van der Waals surface area contributed by atoms with Crippen LogP contribution >= 0.6 is 0 Å². The number of sulfone groups is 1. The molecule has 0 bridgehead atoms. The van der Waals surface area contributed by atoms with Gasteiger partial charge >= 0.3 is 0 Å². The van der Waals surface area contributed by atoms with Crippen LogP contribution in [-0.2, 0) is 14.6 Å². The van der Waals surface area contributed by atoms with Gasteiger partial charge in [0.05, 0.1) is 18.1 Å². The summed E-state index contributed by atoms with van der Waals surface area (Å²) in [5, 5.41) is 5.53. The van der Waals surface area contributed by atoms with Gasteiger partial charge in [0, 0.05) is 23.2 Å². The Morgan fingerprint density at radius 3 is 2.46 bits per heavy atom. The highest BCUT2D eigenvalue weighted by Gasteiger charge is 2.38. The van der Waals surface area contributed by atoms with Crippen molar-refractivity contribution in [1.29, 1.82) is 0 Å². The third-order valence-corrected chi connectivity index (χ3v) is 7.83. The van der Waals surface area contributed by atoms with Crippen molar-refractivity contribution in [2.75, 3.05) is 23.4 Å². The summed E-state index contributed by atoms with van der Waals surface area (Å²) in [4.78, 5) is 15.1. The Hall–Kier alpha value is -2.08. The van der Waals surface area contributed by atoms with Crippen LogP contribution in [0.3, 0.4) is 0 Å². The van der Waals surface area contributed by atoms with Crippen molar-refractivity contribution in [3.05, 3.63) is 42.5 Å². The molecule has 2 aromatic rings. The summed E-state index contributed by atoms with van der Waals surface area (Å²) in [7, 11) is -3.02. The molecule has 1 N–H and O–H groups in total. The molecule has 1 aliphatic carbocycles. The average Bonchev–Trinajstić information content (AvgIpc) is 3.06. The van der Waals surface area contributed by atoms with E-state index in [4.69, 9.17) is 0 Å². The Morgan fingerprint density at radius 2 is 1.71 bits per heavy atom. The molecule has 1 saturated carbocycles. The molecule has 2 aliphatic rings. The van der Waals surface area contributed by atoms with Gasteiger partial charge in [-0.05, 0) is 30.7 Å². The van der Waals surface area contributed by atoms with Crippen LogP contribution in [0.4, 0.5) is 5.69 Å². The molecule has 1 heterocycles. The highest BCUT2D eigenvalue weighted by atomic mass is 32.2. The molecule has 1 saturated heterocycles. The van der Waals surface area contributed by atoms with Gasteiger partial charge in [-0.3, -0.25) is 4.79 Å². The van der Waals surface area contributed by atoms with Crippen LogP contribution in [0.2, 0.25) is 0 Å². The fraction of sp³-hybridized carbons (Fsp3) is 0.500. The molecule has 6 heteroatoms. The maximum Gasteiger partial charge on any atom is 0.242 e. The molecule has 1 atom stereocenters. The zero-order valence-electron chi connectivity index (χ0n) is 16.1. The van der Waals surface area contributed by atoms with Crippen LogP contribution in [0, 0.1) is 0 Å². The van der Waals surface area contributed by atoms with Gasteiger partial charge in [0.1, 0.15) is 0 Å². The second kappa shape index (κ2) is 8.11. The SMILES string of the molecule is O=C(CNc1cccc2ccccc12)N(C1CCCCC1)[C@@H]1CCS(=O)(=O)C1. The number of amides is 1. The predicted octanol–water partition coefficient (Wildman–Crippen LogP) is 3.60. The lowest BCUT2D eigenvalue weighted by Gasteiger charge is -2.38. The first-order valence-electron chi connectivity index (χ1n) is 10.3. The fourth-order valence-corrected chi connectivity index (χ4v) is 6.41. The number of benzene rings is 2.